The molecule has 0 saturated heterocycles. The highest BCUT2D eigenvalue weighted by Gasteiger charge is 2.23. The average molecular weight is 291 g/mol. The van der Waals surface area contributed by atoms with E-state index in [0.717, 1.165) is 24.3 Å². The van der Waals surface area contributed by atoms with Crippen molar-refractivity contribution in [2.24, 2.45) is 0 Å². The zero-order chi connectivity index (χ0) is 15.4. The molecule has 1 heterocycles. The molecule has 1 aromatic carbocycles. The first-order chi connectivity index (χ1) is 10.1. The van der Waals surface area contributed by atoms with Crippen molar-refractivity contribution in [3.05, 3.63) is 47.0 Å². The number of nitrogens with zero attached hydrogens (tertiary/aromatic N) is 2. The Morgan fingerprint density at radius 3 is 2.71 bits per heavy atom. The van der Waals surface area contributed by atoms with Crippen LogP contribution in [0.25, 0.3) is 0 Å². The van der Waals surface area contributed by atoms with Gasteiger partial charge in [0.2, 0.25) is 0 Å². The van der Waals surface area contributed by atoms with Crippen LogP contribution in [0.3, 0.4) is 0 Å². The lowest BCUT2D eigenvalue weighted by atomic mass is 10.0. The molecule has 1 aromatic heterocycles. The lowest BCUT2D eigenvalue weighted by Crippen LogP contribution is -2.25. The van der Waals surface area contributed by atoms with Gasteiger partial charge in [-0.3, -0.25) is 4.68 Å². The van der Waals surface area contributed by atoms with E-state index in [9.17, 15) is 4.39 Å². The molecule has 4 nitrogen and oxygen atoms in total. The number of ether oxygens (including phenoxy) is 1. The molecule has 0 radical (unpaired) electrons. The second-order valence-electron chi connectivity index (χ2n) is 4.91. The minimum atomic E-state index is -0.197. The summed E-state index contributed by atoms with van der Waals surface area (Å²) in [6.07, 6.45) is 1.70. The van der Waals surface area contributed by atoms with Crippen molar-refractivity contribution in [3.63, 3.8) is 0 Å². The minimum absolute atomic E-state index is 0.150. The van der Waals surface area contributed by atoms with Gasteiger partial charge in [0, 0.05) is 6.54 Å². The Hall–Kier alpha value is -1.88. The number of rotatable bonds is 6. The van der Waals surface area contributed by atoms with Crippen molar-refractivity contribution in [1.82, 2.24) is 15.1 Å². The van der Waals surface area contributed by atoms with Crippen LogP contribution in [0.15, 0.2) is 24.4 Å². The van der Waals surface area contributed by atoms with Crippen LogP contribution in [0, 0.1) is 12.7 Å². The van der Waals surface area contributed by atoms with E-state index >= 15 is 0 Å². The van der Waals surface area contributed by atoms with E-state index in [2.05, 4.69) is 10.4 Å². The van der Waals surface area contributed by atoms with E-state index in [0.29, 0.717) is 11.3 Å². The zero-order valence-corrected chi connectivity index (χ0v) is 13.0. The van der Waals surface area contributed by atoms with Gasteiger partial charge in [-0.2, -0.15) is 5.10 Å². The van der Waals surface area contributed by atoms with Crippen molar-refractivity contribution in [3.8, 4) is 5.75 Å². The number of benzene rings is 1. The van der Waals surface area contributed by atoms with Gasteiger partial charge in [-0.05, 0) is 37.6 Å². The topological polar surface area (TPSA) is 39.1 Å². The third-order valence-electron chi connectivity index (χ3n) is 3.58. The summed E-state index contributed by atoms with van der Waals surface area (Å²) in [4.78, 5) is 0. The standard InChI is InChI=1S/C16H22FN3O/c1-5-18-15(12-8-7-11(3)13(17)9-12)16-14(21-4)10-19-20(16)6-2/h7-10,15,18H,5-6H2,1-4H3. The van der Waals surface area contributed by atoms with Crippen LogP contribution in [0.5, 0.6) is 5.75 Å². The summed E-state index contributed by atoms with van der Waals surface area (Å²) in [6.45, 7) is 7.30. The molecule has 1 atom stereocenters. The molecule has 0 fully saturated rings. The highest BCUT2D eigenvalue weighted by atomic mass is 19.1. The van der Waals surface area contributed by atoms with Gasteiger partial charge in [0.1, 0.15) is 11.5 Å². The molecule has 21 heavy (non-hydrogen) atoms. The van der Waals surface area contributed by atoms with Crippen LogP contribution in [0.1, 0.15) is 36.7 Å². The molecule has 1 N–H and O–H groups in total. The van der Waals surface area contributed by atoms with Gasteiger partial charge in [0.15, 0.2) is 5.75 Å². The fourth-order valence-corrected chi connectivity index (χ4v) is 2.44. The van der Waals surface area contributed by atoms with Crippen molar-refractivity contribution in [2.75, 3.05) is 13.7 Å². The third-order valence-corrected chi connectivity index (χ3v) is 3.58. The fourth-order valence-electron chi connectivity index (χ4n) is 2.44. The third kappa shape index (κ3) is 3.08. The molecular weight excluding hydrogens is 269 g/mol. The lowest BCUT2D eigenvalue weighted by Gasteiger charge is -2.21. The van der Waals surface area contributed by atoms with Gasteiger partial charge in [0.05, 0.1) is 19.3 Å². The van der Waals surface area contributed by atoms with Gasteiger partial charge < -0.3 is 10.1 Å². The van der Waals surface area contributed by atoms with E-state index in [4.69, 9.17) is 4.74 Å². The Morgan fingerprint density at radius 2 is 2.14 bits per heavy atom. The van der Waals surface area contributed by atoms with E-state index in [1.807, 2.05) is 24.6 Å². The van der Waals surface area contributed by atoms with Gasteiger partial charge in [-0.15, -0.1) is 0 Å². The van der Waals surface area contributed by atoms with Crippen LogP contribution < -0.4 is 10.1 Å². The SMILES string of the molecule is CCNC(c1ccc(C)c(F)c1)c1c(OC)cnn1CC. The number of hydrogen-bond acceptors (Lipinski definition) is 3. The highest BCUT2D eigenvalue weighted by Crippen LogP contribution is 2.30. The molecule has 5 heteroatoms. The van der Waals surface area contributed by atoms with Crippen LogP contribution in [-0.2, 0) is 6.54 Å². The maximum Gasteiger partial charge on any atom is 0.161 e. The first-order valence-electron chi connectivity index (χ1n) is 7.21. The Morgan fingerprint density at radius 1 is 1.38 bits per heavy atom. The first kappa shape index (κ1) is 15.5. The molecule has 0 saturated carbocycles. The summed E-state index contributed by atoms with van der Waals surface area (Å²) in [5.41, 5.74) is 2.43. The number of halogens is 1. The largest absolute Gasteiger partial charge is 0.493 e. The molecule has 2 aromatic rings. The molecule has 114 valence electrons. The van der Waals surface area contributed by atoms with E-state index in [1.165, 1.54) is 0 Å². The number of aromatic nitrogens is 2. The summed E-state index contributed by atoms with van der Waals surface area (Å²) in [6, 6.07) is 5.17. The second kappa shape index (κ2) is 6.72. The van der Waals surface area contributed by atoms with Gasteiger partial charge in [-0.1, -0.05) is 19.1 Å². The summed E-state index contributed by atoms with van der Waals surface area (Å²) in [5, 5.41) is 7.72. The van der Waals surface area contributed by atoms with Crippen LogP contribution in [0.4, 0.5) is 4.39 Å². The average Bonchev–Trinajstić information content (AvgIpc) is 2.90. The van der Waals surface area contributed by atoms with Crippen molar-refractivity contribution < 1.29 is 9.13 Å². The molecule has 0 bridgehead atoms. The molecular formula is C16H22FN3O. The molecule has 0 aliphatic carbocycles. The monoisotopic (exact) mass is 291 g/mol. The number of methoxy groups -OCH3 is 1. The number of nitrogens with one attached hydrogen (secondary N) is 1. The first-order valence-corrected chi connectivity index (χ1v) is 7.21. The predicted octanol–water partition coefficient (Wildman–Crippen LogP) is 3.06. The van der Waals surface area contributed by atoms with E-state index in [1.54, 1.807) is 32.4 Å². The number of aryl methyl sites for hydroxylation is 2. The normalized spacial score (nSPS) is 12.4. The molecule has 1 unspecified atom stereocenters. The minimum Gasteiger partial charge on any atom is -0.493 e. The van der Waals surface area contributed by atoms with E-state index in [-0.39, 0.29) is 11.9 Å². The van der Waals surface area contributed by atoms with E-state index < -0.39 is 0 Å². The summed E-state index contributed by atoms with van der Waals surface area (Å²) < 4.78 is 21.2. The Bertz CT molecular complexity index is 588. The van der Waals surface area contributed by atoms with Crippen molar-refractivity contribution in [1.29, 1.82) is 0 Å². The smallest absolute Gasteiger partial charge is 0.161 e. The van der Waals surface area contributed by atoms with Crippen LogP contribution in [-0.4, -0.2) is 23.4 Å². The maximum absolute atomic E-state index is 13.9. The molecule has 0 amide bonds. The molecule has 0 spiro atoms. The zero-order valence-electron chi connectivity index (χ0n) is 13.0. The van der Waals surface area contributed by atoms with Gasteiger partial charge in [0.25, 0.3) is 0 Å². The molecule has 0 aliphatic heterocycles. The van der Waals surface area contributed by atoms with Crippen LogP contribution in [0.2, 0.25) is 0 Å². The maximum atomic E-state index is 13.9. The Labute approximate surface area is 124 Å². The van der Waals surface area contributed by atoms with Crippen LogP contribution >= 0.6 is 0 Å². The number of hydrogen-bond donors (Lipinski definition) is 1. The summed E-state index contributed by atoms with van der Waals surface area (Å²) >= 11 is 0. The highest BCUT2D eigenvalue weighted by molar-refractivity contribution is 5.37. The quantitative estimate of drug-likeness (QED) is 0.889. The fraction of sp³-hybridized carbons (Fsp3) is 0.438. The summed E-state index contributed by atoms with van der Waals surface area (Å²) in [5.74, 6) is 0.515. The van der Waals surface area contributed by atoms with Gasteiger partial charge >= 0.3 is 0 Å². The van der Waals surface area contributed by atoms with Gasteiger partial charge in [-0.25, -0.2) is 4.39 Å². The predicted molar refractivity (Wildman–Crippen MR) is 81.1 cm³/mol. The second-order valence-corrected chi connectivity index (χ2v) is 4.91. The summed E-state index contributed by atoms with van der Waals surface area (Å²) in [7, 11) is 1.62. The lowest BCUT2D eigenvalue weighted by molar-refractivity contribution is 0.399. The Kier molecular flexibility index (Phi) is 4.96. The Balaban J connectivity index is 2.52. The van der Waals surface area contributed by atoms with Crippen molar-refractivity contribution in [2.45, 2.75) is 33.4 Å². The molecule has 0 aliphatic rings. The van der Waals surface area contributed by atoms with Crippen molar-refractivity contribution >= 4 is 0 Å². The molecule has 2 rings (SSSR count).